The van der Waals surface area contributed by atoms with Crippen molar-refractivity contribution in [1.29, 1.82) is 0 Å². The number of rotatable bonds is 4. The number of hydrogen-bond acceptors (Lipinski definition) is 5. The van der Waals surface area contributed by atoms with E-state index < -0.39 is 0 Å². The van der Waals surface area contributed by atoms with Crippen molar-refractivity contribution in [1.82, 2.24) is 15.5 Å². The zero-order chi connectivity index (χ0) is 13.2. The summed E-state index contributed by atoms with van der Waals surface area (Å²) in [7, 11) is 0. The second-order valence-corrected chi connectivity index (χ2v) is 4.70. The number of fused-ring (bicyclic) bond motifs is 1. The summed E-state index contributed by atoms with van der Waals surface area (Å²) in [5, 5.41) is 8.19. The predicted molar refractivity (Wildman–Crippen MR) is 71.5 cm³/mol. The quantitative estimate of drug-likeness (QED) is 0.778. The monoisotopic (exact) mass is 257 g/mol. The van der Waals surface area contributed by atoms with Crippen molar-refractivity contribution in [2.75, 3.05) is 0 Å². The summed E-state index contributed by atoms with van der Waals surface area (Å²) in [6, 6.07) is 8.16. The average molecular weight is 257 g/mol. The number of benzene rings is 1. The van der Waals surface area contributed by atoms with Gasteiger partial charge >= 0.3 is 0 Å². The Hall–Kier alpha value is -2.14. The Morgan fingerprint density at radius 3 is 2.95 bits per heavy atom. The Balaban J connectivity index is 1.90. The van der Waals surface area contributed by atoms with E-state index in [1.54, 1.807) is 6.26 Å². The van der Waals surface area contributed by atoms with Crippen LogP contribution >= 0.6 is 0 Å². The lowest BCUT2D eigenvalue weighted by Crippen LogP contribution is -2.22. The van der Waals surface area contributed by atoms with Crippen LogP contribution in [0.1, 0.15) is 19.7 Å². The van der Waals surface area contributed by atoms with Crippen LogP contribution in [0.3, 0.4) is 0 Å². The van der Waals surface area contributed by atoms with Crippen LogP contribution in [0.25, 0.3) is 22.4 Å². The Morgan fingerprint density at radius 2 is 2.11 bits per heavy atom. The molecule has 0 radical (unpaired) electrons. The van der Waals surface area contributed by atoms with E-state index in [2.05, 4.69) is 29.3 Å². The van der Waals surface area contributed by atoms with E-state index in [1.807, 2.05) is 24.3 Å². The van der Waals surface area contributed by atoms with Gasteiger partial charge in [-0.2, -0.15) is 4.98 Å². The molecule has 1 N–H and O–H groups in total. The van der Waals surface area contributed by atoms with Crippen LogP contribution in [-0.4, -0.2) is 16.2 Å². The molecule has 0 saturated heterocycles. The van der Waals surface area contributed by atoms with Crippen LogP contribution in [0.5, 0.6) is 0 Å². The third-order valence-corrected chi connectivity index (χ3v) is 2.85. The molecular weight excluding hydrogens is 242 g/mol. The molecule has 0 atom stereocenters. The van der Waals surface area contributed by atoms with E-state index in [4.69, 9.17) is 8.94 Å². The SMILES string of the molecule is CC(C)NCc1noc(-c2coc3ccccc23)n1. The van der Waals surface area contributed by atoms with Crippen molar-refractivity contribution in [2.24, 2.45) is 0 Å². The molecule has 0 saturated carbocycles. The first-order valence-electron chi connectivity index (χ1n) is 6.26. The second-order valence-electron chi connectivity index (χ2n) is 4.70. The first-order chi connectivity index (χ1) is 9.24. The Morgan fingerprint density at radius 1 is 1.26 bits per heavy atom. The number of nitrogens with zero attached hydrogens (tertiary/aromatic N) is 2. The predicted octanol–water partition coefficient (Wildman–Crippen LogP) is 2.98. The minimum absolute atomic E-state index is 0.386. The van der Waals surface area contributed by atoms with Gasteiger partial charge in [-0.05, 0) is 6.07 Å². The summed E-state index contributed by atoms with van der Waals surface area (Å²) < 4.78 is 10.8. The third-order valence-electron chi connectivity index (χ3n) is 2.85. The number of nitrogens with one attached hydrogen (secondary N) is 1. The van der Waals surface area contributed by atoms with Gasteiger partial charge in [0.2, 0.25) is 0 Å². The highest BCUT2D eigenvalue weighted by Crippen LogP contribution is 2.29. The summed E-state index contributed by atoms with van der Waals surface area (Å²) in [5.41, 5.74) is 1.65. The van der Waals surface area contributed by atoms with Crippen LogP contribution < -0.4 is 5.32 Å². The van der Waals surface area contributed by atoms with E-state index in [0.29, 0.717) is 24.3 Å². The molecule has 5 nitrogen and oxygen atoms in total. The molecular formula is C14H15N3O2. The Kier molecular flexibility index (Phi) is 3.05. The van der Waals surface area contributed by atoms with Gasteiger partial charge in [-0.15, -0.1) is 0 Å². The van der Waals surface area contributed by atoms with Gasteiger partial charge in [0, 0.05) is 11.4 Å². The molecule has 2 heterocycles. The Bertz CT molecular complexity index is 685. The van der Waals surface area contributed by atoms with E-state index >= 15 is 0 Å². The molecule has 2 aromatic heterocycles. The molecule has 0 amide bonds. The summed E-state index contributed by atoms with van der Waals surface area (Å²) in [4.78, 5) is 4.37. The zero-order valence-electron chi connectivity index (χ0n) is 10.9. The minimum Gasteiger partial charge on any atom is -0.463 e. The van der Waals surface area contributed by atoms with Crippen LogP contribution in [-0.2, 0) is 6.54 Å². The summed E-state index contributed by atoms with van der Waals surface area (Å²) in [6.07, 6.45) is 1.65. The first kappa shape index (κ1) is 11.9. The maximum atomic E-state index is 5.47. The second kappa shape index (κ2) is 4.85. The molecule has 5 heteroatoms. The third kappa shape index (κ3) is 2.37. The lowest BCUT2D eigenvalue weighted by atomic mass is 10.2. The maximum absolute atomic E-state index is 5.47. The van der Waals surface area contributed by atoms with E-state index in [1.165, 1.54) is 0 Å². The molecule has 3 aromatic rings. The van der Waals surface area contributed by atoms with Crippen LogP contribution in [0.15, 0.2) is 39.5 Å². The standard InChI is InChI=1S/C14H15N3O2/c1-9(2)15-7-13-16-14(19-17-13)11-8-18-12-6-4-3-5-10(11)12/h3-6,8-9,15H,7H2,1-2H3. The van der Waals surface area contributed by atoms with E-state index in [-0.39, 0.29) is 0 Å². The largest absolute Gasteiger partial charge is 0.463 e. The van der Waals surface area contributed by atoms with Gasteiger partial charge in [0.05, 0.1) is 12.1 Å². The topological polar surface area (TPSA) is 64.1 Å². The highest BCUT2D eigenvalue weighted by atomic mass is 16.5. The lowest BCUT2D eigenvalue weighted by molar-refractivity contribution is 0.417. The highest BCUT2D eigenvalue weighted by Gasteiger charge is 2.14. The summed E-state index contributed by atoms with van der Waals surface area (Å²) >= 11 is 0. The number of furan rings is 1. The van der Waals surface area contributed by atoms with Gasteiger partial charge in [-0.3, -0.25) is 0 Å². The molecule has 0 unspecified atom stereocenters. The van der Waals surface area contributed by atoms with Crippen molar-refractivity contribution in [2.45, 2.75) is 26.4 Å². The van der Waals surface area contributed by atoms with Crippen LogP contribution in [0.4, 0.5) is 0 Å². The fourth-order valence-corrected chi connectivity index (χ4v) is 1.87. The normalized spacial score (nSPS) is 11.5. The van der Waals surface area contributed by atoms with Gasteiger partial charge in [-0.25, -0.2) is 0 Å². The molecule has 0 aliphatic rings. The van der Waals surface area contributed by atoms with Gasteiger partial charge in [0.15, 0.2) is 5.82 Å². The summed E-state index contributed by atoms with van der Waals surface area (Å²) in [6.45, 7) is 4.74. The van der Waals surface area contributed by atoms with Crippen molar-refractivity contribution >= 4 is 11.0 Å². The molecule has 1 aromatic carbocycles. The number of para-hydroxylation sites is 1. The van der Waals surface area contributed by atoms with E-state index in [0.717, 1.165) is 16.5 Å². The average Bonchev–Trinajstić information content (AvgIpc) is 3.02. The van der Waals surface area contributed by atoms with Crippen molar-refractivity contribution in [3.8, 4) is 11.5 Å². The molecule has 98 valence electrons. The van der Waals surface area contributed by atoms with Crippen LogP contribution in [0.2, 0.25) is 0 Å². The maximum Gasteiger partial charge on any atom is 0.261 e. The molecule has 19 heavy (non-hydrogen) atoms. The van der Waals surface area contributed by atoms with Crippen LogP contribution in [0, 0.1) is 0 Å². The van der Waals surface area contributed by atoms with Gasteiger partial charge in [-0.1, -0.05) is 37.2 Å². The molecule has 0 fully saturated rings. The fourth-order valence-electron chi connectivity index (χ4n) is 1.87. The number of hydrogen-bond donors (Lipinski definition) is 1. The first-order valence-corrected chi connectivity index (χ1v) is 6.26. The molecule has 3 rings (SSSR count). The fraction of sp³-hybridized carbons (Fsp3) is 0.286. The number of aromatic nitrogens is 2. The smallest absolute Gasteiger partial charge is 0.261 e. The Labute approximate surface area is 110 Å². The summed E-state index contributed by atoms with van der Waals surface area (Å²) in [5.74, 6) is 1.14. The van der Waals surface area contributed by atoms with Gasteiger partial charge < -0.3 is 14.3 Å². The van der Waals surface area contributed by atoms with E-state index in [9.17, 15) is 0 Å². The van der Waals surface area contributed by atoms with Crippen molar-refractivity contribution in [3.63, 3.8) is 0 Å². The van der Waals surface area contributed by atoms with Crippen molar-refractivity contribution in [3.05, 3.63) is 36.4 Å². The van der Waals surface area contributed by atoms with Gasteiger partial charge in [0.25, 0.3) is 5.89 Å². The molecule has 0 aliphatic heterocycles. The lowest BCUT2D eigenvalue weighted by Gasteiger charge is -2.02. The molecule has 0 bridgehead atoms. The molecule has 0 spiro atoms. The zero-order valence-corrected chi connectivity index (χ0v) is 10.9. The van der Waals surface area contributed by atoms with Crippen molar-refractivity contribution < 1.29 is 8.94 Å². The molecule has 0 aliphatic carbocycles. The highest BCUT2D eigenvalue weighted by molar-refractivity contribution is 5.91. The minimum atomic E-state index is 0.386. The van der Waals surface area contributed by atoms with Gasteiger partial charge in [0.1, 0.15) is 11.8 Å².